The van der Waals surface area contributed by atoms with Gasteiger partial charge in [-0.3, -0.25) is 0 Å². The summed E-state index contributed by atoms with van der Waals surface area (Å²) in [5.74, 6) is 0. The quantitative estimate of drug-likeness (QED) is 0.795. The molecule has 2 heterocycles. The Kier molecular flexibility index (Phi) is 3.70. The average Bonchev–Trinajstić information content (AvgIpc) is 2.77. The Morgan fingerprint density at radius 1 is 1.59 bits per heavy atom. The Balaban J connectivity index is 2.36. The summed E-state index contributed by atoms with van der Waals surface area (Å²) >= 11 is 5.73. The average molecular weight is 275 g/mol. The fourth-order valence-electron chi connectivity index (χ4n) is 2.21. The van der Waals surface area contributed by atoms with Crippen LogP contribution in [0.5, 0.6) is 0 Å². The number of aromatic nitrogens is 1. The van der Waals surface area contributed by atoms with Crippen molar-refractivity contribution in [2.24, 2.45) is 0 Å². The predicted molar refractivity (Wildman–Crippen MR) is 66.5 cm³/mol. The summed E-state index contributed by atoms with van der Waals surface area (Å²) in [5.41, 5.74) is 0. The summed E-state index contributed by atoms with van der Waals surface area (Å²) in [6.45, 7) is 2.61. The molecule has 1 aliphatic rings. The van der Waals surface area contributed by atoms with Crippen molar-refractivity contribution >= 4 is 21.6 Å². The number of hydrogen-bond acceptors (Lipinski definition) is 3. The van der Waals surface area contributed by atoms with E-state index in [2.05, 4.69) is 4.98 Å². The molecule has 17 heavy (non-hydrogen) atoms. The third-order valence-electron chi connectivity index (χ3n) is 3.10. The van der Waals surface area contributed by atoms with Crippen molar-refractivity contribution in [1.29, 1.82) is 0 Å². The smallest absolute Gasteiger partial charge is 0.243 e. The lowest BCUT2D eigenvalue weighted by Crippen LogP contribution is -2.35. The zero-order chi connectivity index (χ0) is 12.5. The molecular weight excluding hydrogens is 260 g/mol. The minimum absolute atomic E-state index is 0.118. The van der Waals surface area contributed by atoms with Gasteiger partial charge in [0, 0.05) is 18.8 Å². The maximum atomic E-state index is 12.4. The van der Waals surface area contributed by atoms with Crippen molar-refractivity contribution in [2.45, 2.75) is 37.1 Å². The highest BCUT2D eigenvalue weighted by molar-refractivity contribution is 7.89. The number of sulfonamides is 1. The van der Waals surface area contributed by atoms with E-state index in [9.17, 15) is 8.42 Å². The highest BCUT2D eigenvalue weighted by Gasteiger charge is 2.34. The van der Waals surface area contributed by atoms with Gasteiger partial charge in [-0.15, -0.1) is 0 Å². The summed E-state index contributed by atoms with van der Waals surface area (Å²) < 4.78 is 26.4. The molecule has 4 nitrogen and oxygen atoms in total. The minimum Gasteiger partial charge on any atom is -0.244 e. The molecule has 1 aliphatic heterocycles. The van der Waals surface area contributed by atoms with Crippen molar-refractivity contribution in [2.75, 3.05) is 6.54 Å². The molecule has 1 saturated heterocycles. The monoisotopic (exact) mass is 274 g/mol. The van der Waals surface area contributed by atoms with E-state index in [1.54, 1.807) is 4.31 Å². The molecule has 1 fully saturated rings. The second-order valence-corrected chi connectivity index (χ2v) is 6.41. The first-order chi connectivity index (χ1) is 8.05. The molecule has 1 aromatic rings. The molecule has 94 valence electrons. The number of pyridine rings is 1. The highest BCUT2D eigenvalue weighted by atomic mass is 35.5. The van der Waals surface area contributed by atoms with E-state index in [1.165, 1.54) is 18.3 Å². The molecule has 0 aliphatic carbocycles. The Hall–Kier alpha value is -0.650. The second-order valence-electron chi connectivity index (χ2n) is 4.13. The maximum Gasteiger partial charge on any atom is 0.243 e. The molecule has 1 atom stereocenters. The number of rotatable bonds is 3. The SMILES string of the molecule is CCC1CCCN1S(=O)(=O)c1ccnc(Cl)c1. The second kappa shape index (κ2) is 4.92. The first-order valence-corrected chi connectivity index (χ1v) is 7.51. The molecule has 0 aromatic carbocycles. The molecule has 0 bridgehead atoms. The molecule has 1 aromatic heterocycles. The lowest BCUT2D eigenvalue weighted by atomic mass is 10.2. The van der Waals surface area contributed by atoms with E-state index in [-0.39, 0.29) is 16.1 Å². The van der Waals surface area contributed by atoms with Crippen LogP contribution >= 0.6 is 11.6 Å². The first-order valence-electron chi connectivity index (χ1n) is 5.69. The Morgan fingerprint density at radius 3 is 3.00 bits per heavy atom. The van der Waals surface area contributed by atoms with E-state index < -0.39 is 10.0 Å². The van der Waals surface area contributed by atoms with Crippen molar-refractivity contribution in [3.63, 3.8) is 0 Å². The molecule has 0 radical (unpaired) electrons. The summed E-state index contributed by atoms with van der Waals surface area (Å²) in [6.07, 6.45) is 4.13. The Labute approximate surface area is 107 Å². The number of halogens is 1. The van der Waals surface area contributed by atoms with Crippen LogP contribution in [-0.2, 0) is 10.0 Å². The summed E-state index contributed by atoms with van der Waals surface area (Å²) in [4.78, 5) is 4.04. The van der Waals surface area contributed by atoms with Gasteiger partial charge in [0.25, 0.3) is 0 Å². The van der Waals surface area contributed by atoms with Gasteiger partial charge in [0.2, 0.25) is 10.0 Å². The van der Waals surface area contributed by atoms with Gasteiger partial charge in [-0.2, -0.15) is 4.31 Å². The van der Waals surface area contributed by atoms with Gasteiger partial charge >= 0.3 is 0 Å². The molecule has 1 unspecified atom stereocenters. The molecule has 0 saturated carbocycles. The fraction of sp³-hybridized carbons (Fsp3) is 0.545. The van der Waals surface area contributed by atoms with Gasteiger partial charge in [0.05, 0.1) is 4.90 Å². The third kappa shape index (κ3) is 2.46. The van der Waals surface area contributed by atoms with Crippen LogP contribution in [0.2, 0.25) is 5.15 Å². The van der Waals surface area contributed by atoms with Crippen LogP contribution in [0.4, 0.5) is 0 Å². The predicted octanol–water partition coefficient (Wildman–Crippen LogP) is 2.30. The normalized spacial score (nSPS) is 21.9. The Morgan fingerprint density at radius 2 is 2.35 bits per heavy atom. The zero-order valence-electron chi connectivity index (χ0n) is 9.63. The third-order valence-corrected chi connectivity index (χ3v) is 5.25. The topological polar surface area (TPSA) is 50.3 Å². The van der Waals surface area contributed by atoms with Crippen molar-refractivity contribution < 1.29 is 8.42 Å². The van der Waals surface area contributed by atoms with E-state index in [1.807, 2.05) is 6.92 Å². The highest BCUT2D eigenvalue weighted by Crippen LogP contribution is 2.28. The lowest BCUT2D eigenvalue weighted by Gasteiger charge is -2.22. The van der Waals surface area contributed by atoms with Crippen LogP contribution < -0.4 is 0 Å². The summed E-state index contributed by atoms with van der Waals surface area (Å²) in [6, 6.07) is 3.01. The molecule has 2 rings (SSSR count). The fourth-order valence-corrected chi connectivity index (χ4v) is 4.23. The van der Waals surface area contributed by atoms with Crippen LogP contribution in [0.15, 0.2) is 23.2 Å². The van der Waals surface area contributed by atoms with Crippen molar-refractivity contribution in [1.82, 2.24) is 9.29 Å². The van der Waals surface area contributed by atoms with Crippen LogP contribution in [0, 0.1) is 0 Å². The van der Waals surface area contributed by atoms with Crippen LogP contribution in [0.3, 0.4) is 0 Å². The van der Waals surface area contributed by atoms with Crippen molar-refractivity contribution in [3.8, 4) is 0 Å². The summed E-state index contributed by atoms with van der Waals surface area (Å²) in [7, 11) is -3.41. The number of hydrogen-bond donors (Lipinski definition) is 0. The van der Waals surface area contributed by atoms with Crippen LogP contribution in [0.25, 0.3) is 0 Å². The van der Waals surface area contributed by atoms with E-state index in [0.29, 0.717) is 6.54 Å². The minimum atomic E-state index is -3.41. The van der Waals surface area contributed by atoms with Gasteiger partial charge < -0.3 is 0 Å². The molecule has 0 N–H and O–H groups in total. The zero-order valence-corrected chi connectivity index (χ0v) is 11.2. The lowest BCUT2D eigenvalue weighted by molar-refractivity contribution is 0.379. The van der Waals surface area contributed by atoms with E-state index in [0.717, 1.165) is 19.3 Å². The van der Waals surface area contributed by atoms with Gasteiger partial charge in [0.15, 0.2) is 0 Å². The van der Waals surface area contributed by atoms with Gasteiger partial charge in [-0.05, 0) is 31.4 Å². The molecule has 6 heteroatoms. The van der Waals surface area contributed by atoms with Crippen molar-refractivity contribution in [3.05, 3.63) is 23.5 Å². The first kappa shape index (κ1) is 12.8. The largest absolute Gasteiger partial charge is 0.244 e. The molecule has 0 spiro atoms. The van der Waals surface area contributed by atoms with E-state index >= 15 is 0 Å². The Bertz CT molecular complexity index is 504. The summed E-state index contributed by atoms with van der Waals surface area (Å²) in [5, 5.41) is 0.207. The van der Waals surface area contributed by atoms with Crippen LogP contribution in [-0.4, -0.2) is 30.3 Å². The van der Waals surface area contributed by atoms with Gasteiger partial charge in [-0.25, -0.2) is 13.4 Å². The van der Waals surface area contributed by atoms with E-state index in [4.69, 9.17) is 11.6 Å². The number of nitrogens with zero attached hydrogens (tertiary/aromatic N) is 2. The van der Waals surface area contributed by atoms with Gasteiger partial charge in [0.1, 0.15) is 5.15 Å². The van der Waals surface area contributed by atoms with Crippen LogP contribution in [0.1, 0.15) is 26.2 Å². The maximum absolute atomic E-state index is 12.4. The molecular formula is C11H15ClN2O2S. The van der Waals surface area contributed by atoms with Gasteiger partial charge in [-0.1, -0.05) is 18.5 Å². The standard InChI is InChI=1S/C11H15ClN2O2S/c1-2-9-4-3-7-14(9)17(15,16)10-5-6-13-11(12)8-10/h5-6,8-9H,2-4,7H2,1H3. The molecule has 0 amide bonds.